The maximum atomic E-state index is 5.78. The number of hydrogen-bond donors (Lipinski definition) is 1. The number of rotatable bonds is 4. The summed E-state index contributed by atoms with van der Waals surface area (Å²) in [4.78, 5) is 12.9. The van der Waals surface area contributed by atoms with Crippen molar-refractivity contribution in [2.24, 2.45) is 21.8 Å². The van der Waals surface area contributed by atoms with Crippen molar-refractivity contribution in [2.75, 3.05) is 13.2 Å². The van der Waals surface area contributed by atoms with Gasteiger partial charge in [-0.3, -0.25) is 0 Å². The van der Waals surface area contributed by atoms with Crippen LogP contribution in [0.3, 0.4) is 0 Å². The third kappa shape index (κ3) is 3.64. The predicted octanol–water partition coefficient (Wildman–Crippen LogP) is 2.64. The van der Waals surface area contributed by atoms with E-state index in [0.717, 1.165) is 21.5 Å². The van der Waals surface area contributed by atoms with Gasteiger partial charge in [0.25, 0.3) is 0 Å². The van der Waals surface area contributed by atoms with Gasteiger partial charge in [0.1, 0.15) is 13.2 Å². The number of ether oxygens (including phenoxy) is 2. The molecule has 0 aliphatic carbocycles. The molecule has 142 valence electrons. The Labute approximate surface area is 159 Å². The highest BCUT2D eigenvalue weighted by Gasteiger charge is 2.21. The van der Waals surface area contributed by atoms with Gasteiger partial charge in [0, 0.05) is 22.9 Å². The molecule has 5 nitrogen and oxygen atoms in total. The molecule has 0 unspecified atom stereocenters. The van der Waals surface area contributed by atoms with Crippen molar-refractivity contribution in [3.63, 3.8) is 0 Å². The molecule has 5 heteroatoms. The van der Waals surface area contributed by atoms with E-state index in [0.29, 0.717) is 36.8 Å². The average Bonchev–Trinajstić information content (AvgIpc) is 3.36. The predicted molar refractivity (Wildman–Crippen MR) is 111 cm³/mol. The van der Waals surface area contributed by atoms with Crippen molar-refractivity contribution in [3.05, 3.63) is 35.0 Å². The van der Waals surface area contributed by atoms with Gasteiger partial charge in [-0.05, 0) is 11.8 Å². The molecular weight excluding hydrogens is 338 g/mol. The molecule has 1 N–H and O–H groups in total. The van der Waals surface area contributed by atoms with E-state index in [1.54, 1.807) is 0 Å². The molecule has 2 aliphatic rings. The largest absolute Gasteiger partial charge is 0.476 e. The maximum absolute atomic E-state index is 5.78. The van der Waals surface area contributed by atoms with Crippen LogP contribution in [0.25, 0.3) is 22.9 Å². The van der Waals surface area contributed by atoms with Gasteiger partial charge >= 0.3 is 0 Å². The van der Waals surface area contributed by atoms with Gasteiger partial charge in [0.2, 0.25) is 11.8 Å². The van der Waals surface area contributed by atoms with E-state index in [1.165, 1.54) is 0 Å². The number of aromatic amines is 1. The van der Waals surface area contributed by atoms with Gasteiger partial charge in [-0.15, -0.1) is 0 Å². The summed E-state index contributed by atoms with van der Waals surface area (Å²) >= 11 is 0. The number of aromatic nitrogens is 1. The first-order valence-corrected chi connectivity index (χ1v) is 9.72. The summed E-state index contributed by atoms with van der Waals surface area (Å²) in [5.41, 5.74) is 0. The lowest BCUT2D eigenvalue weighted by Crippen LogP contribution is -2.14. The van der Waals surface area contributed by atoms with Crippen molar-refractivity contribution in [2.45, 2.75) is 39.8 Å². The fourth-order valence-corrected chi connectivity index (χ4v) is 3.37. The zero-order chi connectivity index (χ0) is 19.0. The summed E-state index contributed by atoms with van der Waals surface area (Å²) in [6.45, 7) is 9.99. The minimum atomic E-state index is 0.234. The molecule has 0 saturated heterocycles. The van der Waals surface area contributed by atoms with Crippen LogP contribution in [0.1, 0.15) is 27.7 Å². The first-order valence-electron chi connectivity index (χ1n) is 9.72. The van der Waals surface area contributed by atoms with Crippen LogP contribution in [-0.2, 0) is 9.47 Å². The number of nitrogens with one attached hydrogen (secondary N) is 1. The van der Waals surface area contributed by atoms with Crippen molar-refractivity contribution >= 4 is 34.7 Å². The molecule has 2 aromatic rings. The molecule has 2 atom stereocenters. The first kappa shape index (κ1) is 17.8. The van der Waals surface area contributed by atoms with Crippen molar-refractivity contribution in [1.29, 1.82) is 0 Å². The number of hydrogen-bond acceptors (Lipinski definition) is 4. The fourth-order valence-electron chi connectivity index (χ4n) is 3.37. The van der Waals surface area contributed by atoms with E-state index in [-0.39, 0.29) is 12.1 Å². The summed E-state index contributed by atoms with van der Waals surface area (Å²) in [5.74, 6) is 2.35. The average molecular weight is 365 g/mol. The van der Waals surface area contributed by atoms with Crippen LogP contribution in [0.2, 0.25) is 0 Å². The van der Waals surface area contributed by atoms with Crippen LogP contribution in [0.5, 0.6) is 0 Å². The number of H-pyrrole nitrogens is 1. The summed E-state index contributed by atoms with van der Waals surface area (Å²) in [7, 11) is 0. The van der Waals surface area contributed by atoms with Gasteiger partial charge in [-0.2, -0.15) is 0 Å². The molecule has 0 radical (unpaired) electrons. The van der Waals surface area contributed by atoms with Gasteiger partial charge < -0.3 is 14.5 Å². The van der Waals surface area contributed by atoms with Crippen LogP contribution in [0.4, 0.5) is 0 Å². The number of benzene rings is 1. The summed E-state index contributed by atoms with van der Waals surface area (Å²) in [5, 5.41) is 4.28. The summed E-state index contributed by atoms with van der Waals surface area (Å²) < 4.78 is 11.6. The van der Waals surface area contributed by atoms with Crippen LogP contribution < -0.4 is 10.7 Å². The summed E-state index contributed by atoms with van der Waals surface area (Å²) in [6.07, 6.45) is 3.99. The molecular formula is C22H27N3O2. The molecule has 0 fully saturated rings. The van der Waals surface area contributed by atoms with E-state index in [2.05, 4.69) is 44.8 Å². The Morgan fingerprint density at radius 3 is 1.67 bits per heavy atom. The minimum absolute atomic E-state index is 0.234. The van der Waals surface area contributed by atoms with E-state index in [9.17, 15) is 0 Å². The van der Waals surface area contributed by atoms with Crippen LogP contribution in [-0.4, -0.2) is 42.1 Å². The molecule has 0 bridgehead atoms. The standard InChI is InChI=1S/C22H27N3O2/c1-13(2)19-11-26-21(24-19)9-17-15-7-5-6-8-16(15)18(23-17)10-22-25-20(12-27-22)14(3)4/h5-10,13-14,19-20,23H,11-12H2,1-4H3/t19-,20-/m1/s1. The van der Waals surface area contributed by atoms with Gasteiger partial charge in [0.05, 0.1) is 22.8 Å². The summed E-state index contributed by atoms with van der Waals surface area (Å²) in [6, 6.07) is 8.78. The Morgan fingerprint density at radius 2 is 1.30 bits per heavy atom. The van der Waals surface area contributed by atoms with Crippen LogP contribution >= 0.6 is 0 Å². The second-order valence-corrected chi connectivity index (χ2v) is 7.97. The molecule has 2 aliphatic heterocycles. The second kappa shape index (κ2) is 7.22. The Kier molecular flexibility index (Phi) is 4.77. The van der Waals surface area contributed by atoms with Crippen molar-refractivity contribution in [3.8, 4) is 0 Å². The quantitative estimate of drug-likeness (QED) is 0.905. The number of aliphatic imine (C=N–C) groups is 2. The third-order valence-corrected chi connectivity index (χ3v) is 5.24. The first-order chi connectivity index (χ1) is 13.0. The Morgan fingerprint density at radius 1 is 0.852 bits per heavy atom. The van der Waals surface area contributed by atoms with Crippen molar-refractivity contribution < 1.29 is 9.47 Å². The molecule has 0 spiro atoms. The number of fused-ring (bicyclic) bond motifs is 1. The highest BCUT2D eigenvalue weighted by Crippen LogP contribution is 2.15. The lowest BCUT2D eigenvalue weighted by Gasteiger charge is -2.06. The molecule has 1 aromatic carbocycles. The number of nitrogens with zero attached hydrogens (tertiary/aromatic N) is 2. The normalized spacial score (nSPS) is 23.9. The highest BCUT2D eigenvalue weighted by atomic mass is 16.5. The molecule has 1 aromatic heterocycles. The van der Waals surface area contributed by atoms with Gasteiger partial charge in [-0.1, -0.05) is 52.0 Å². The molecule has 0 amide bonds. The Hall–Kier alpha value is -2.56. The zero-order valence-electron chi connectivity index (χ0n) is 16.4. The van der Waals surface area contributed by atoms with Gasteiger partial charge in [-0.25, -0.2) is 9.98 Å². The van der Waals surface area contributed by atoms with Crippen LogP contribution in [0, 0.1) is 11.8 Å². The van der Waals surface area contributed by atoms with Crippen molar-refractivity contribution in [1.82, 2.24) is 4.98 Å². The third-order valence-electron chi connectivity index (χ3n) is 5.24. The molecule has 4 rings (SSSR count). The Balaban J connectivity index is 1.77. The smallest absolute Gasteiger partial charge is 0.211 e. The highest BCUT2D eigenvalue weighted by molar-refractivity contribution is 6.09. The molecule has 0 saturated carbocycles. The van der Waals surface area contributed by atoms with E-state index >= 15 is 0 Å². The van der Waals surface area contributed by atoms with Crippen LogP contribution in [0.15, 0.2) is 34.3 Å². The lowest BCUT2D eigenvalue weighted by atomic mass is 10.1. The fraction of sp³-hybridized carbons (Fsp3) is 0.455. The minimum Gasteiger partial charge on any atom is -0.476 e. The SMILES string of the molecule is CC(C)[C@H]1COC(C=c2[nH]c(=CC3=N[C@@H](C(C)C)CO3)c3ccccc23)=N1. The maximum Gasteiger partial charge on any atom is 0.211 e. The van der Waals surface area contributed by atoms with Gasteiger partial charge in [0.15, 0.2) is 0 Å². The van der Waals surface area contributed by atoms with E-state index in [4.69, 9.17) is 19.5 Å². The monoisotopic (exact) mass is 365 g/mol. The lowest BCUT2D eigenvalue weighted by molar-refractivity contribution is 0.294. The molecule has 27 heavy (non-hydrogen) atoms. The van der Waals surface area contributed by atoms with E-state index < -0.39 is 0 Å². The Bertz CT molecular complexity index is 934. The topological polar surface area (TPSA) is 59.0 Å². The van der Waals surface area contributed by atoms with E-state index in [1.807, 2.05) is 24.3 Å². The molecule has 3 heterocycles. The second-order valence-electron chi connectivity index (χ2n) is 7.97. The zero-order valence-corrected chi connectivity index (χ0v) is 16.4.